The van der Waals surface area contributed by atoms with E-state index in [0.717, 1.165) is 6.21 Å². The van der Waals surface area contributed by atoms with Crippen molar-refractivity contribution in [3.8, 4) is 17.2 Å². The summed E-state index contributed by atoms with van der Waals surface area (Å²) >= 11 is 3.11. The van der Waals surface area contributed by atoms with Gasteiger partial charge < -0.3 is 19.9 Å². The van der Waals surface area contributed by atoms with Crippen molar-refractivity contribution in [1.82, 2.24) is 5.43 Å². The number of hydrogen-bond acceptors (Lipinski definition) is 8. The Morgan fingerprint density at radius 2 is 2.11 bits per heavy atom. The molecule has 11 heteroatoms. The molecule has 1 aliphatic heterocycles. The largest absolute Gasteiger partial charge is 0.502 e. The zero-order valence-electron chi connectivity index (χ0n) is 13.6. The lowest BCUT2D eigenvalue weighted by molar-refractivity contribution is -0.385. The molecule has 0 fully saturated rings. The lowest BCUT2D eigenvalue weighted by atomic mass is 10.2. The highest BCUT2D eigenvalue weighted by Gasteiger charge is 2.17. The molecule has 0 saturated heterocycles. The average molecular weight is 437 g/mol. The molecule has 2 aromatic rings. The smallest absolute Gasteiger partial charge is 0.312 e. The van der Waals surface area contributed by atoms with Gasteiger partial charge in [-0.1, -0.05) is 15.9 Å². The molecule has 0 atom stereocenters. The summed E-state index contributed by atoms with van der Waals surface area (Å²) in [4.78, 5) is 22.0. The number of hydrazone groups is 1. The van der Waals surface area contributed by atoms with Crippen LogP contribution in [0.15, 0.2) is 39.9 Å². The highest BCUT2D eigenvalue weighted by molar-refractivity contribution is 9.10. The number of amides is 1. The Hall–Kier alpha value is -3.34. The van der Waals surface area contributed by atoms with Crippen molar-refractivity contribution in [2.75, 3.05) is 18.7 Å². The van der Waals surface area contributed by atoms with Crippen molar-refractivity contribution in [3.05, 3.63) is 50.5 Å². The summed E-state index contributed by atoms with van der Waals surface area (Å²) in [6.07, 6.45) is 1.12. The number of nitro groups is 1. The Balaban J connectivity index is 1.57. The summed E-state index contributed by atoms with van der Waals surface area (Å²) < 4.78 is 10.8. The lowest BCUT2D eigenvalue weighted by Gasteiger charge is -2.06. The van der Waals surface area contributed by atoms with E-state index in [1.165, 1.54) is 12.1 Å². The molecule has 0 spiro atoms. The molecule has 0 saturated carbocycles. The van der Waals surface area contributed by atoms with E-state index in [9.17, 15) is 20.0 Å². The third-order valence-corrected chi connectivity index (χ3v) is 3.96. The van der Waals surface area contributed by atoms with Crippen molar-refractivity contribution in [2.24, 2.45) is 5.10 Å². The minimum absolute atomic E-state index is 0.0679. The maximum Gasteiger partial charge on any atom is 0.312 e. The van der Waals surface area contributed by atoms with Gasteiger partial charge in [0.05, 0.1) is 17.7 Å². The Kier molecular flexibility index (Phi) is 5.41. The van der Waals surface area contributed by atoms with E-state index in [0.29, 0.717) is 21.7 Å². The summed E-state index contributed by atoms with van der Waals surface area (Å²) in [7, 11) is 0. The van der Waals surface area contributed by atoms with E-state index in [2.05, 4.69) is 31.8 Å². The highest BCUT2D eigenvalue weighted by atomic mass is 79.9. The van der Waals surface area contributed by atoms with Crippen LogP contribution < -0.4 is 20.2 Å². The maximum absolute atomic E-state index is 11.8. The van der Waals surface area contributed by atoms with E-state index in [-0.39, 0.29) is 18.9 Å². The Bertz CT molecular complexity index is 933. The van der Waals surface area contributed by atoms with Gasteiger partial charge in [0.25, 0.3) is 5.91 Å². The summed E-state index contributed by atoms with van der Waals surface area (Å²) in [6.45, 7) is 0.0934. The minimum atomic E-state index is -0.717. The van der Waals surface area contributed by atoms with Crippen LogP contribution in [0.5, 0.6) is 17.2 Å². The third-order valence-electron chi connectivity index (χ3n) is 3.50. The van der Waals surface area contributed by atoms with Crippen LogP contribution in [0.1, 0.15) is 5.56 Å². The van der Waals surface area contributed by atoms with E-state index in [4.69, 9.17) is 9.47 Å². The van der Waals surface area contributed by atoms with Crippen molar-refractivity contribution in [3.63, 3.8) is 0 Å². The summed E-state index contributed by atoms with van der Waals surface area (Å²) in [5.41, 5.74) is 2.54. The number of nitrogens with one attached hydrogen (secondary N) is 2. The van der Waals surface area contributed by atoms with E-state index < -0.39 is 22.3 Å². The molecule has 0 aliphatic carbocycles. The van der Waals surface area contributed by atoms with Crippen LogP contribution in [0, 0.1) is 10.1 Å². The van der Waals surface area contributed by atoms with Gasteiger partial charge in [-0.3, -0.25) is 14.9 Å². The van der Waals surface area contributed by atoms with E-state index in [1.807, 2.05) is 0 Å². The second kappa shape index (κ2) is 7.91. The highest BCUT2D eigenvalue weighted by Crippen LogP contribution is 2.34. The third kappa shape index (κ3) is 4.44. The van der Waals surface area contributed by atoms with Crippen LogP contribution in [0.2, 0.25) is 0 Å². The van der Waals surface area contributed by atoms with Crippen LogP contribution >= 0.6 is 15.9 Å². The predicted molar refractivity (Wildman–Crippen MR) is 99.3 cm³/mol. The van der Waals surface area contributed by atoms with E-state index >= 15 is 0 Å². The van der Waals surface area contributed by atoms with Crippen LogP contribution in [0.3, 0.4) is 0 Å². The number of nitro benzene ring substituents is 1. The molecule has 0 aromatic heterocycles. The number of aromatic hydroxyl groups is 1. The molecule has 1 heterocycles. The van der Waals surface area contributed by atoms with E-state index in [1.54, 1.807) is 18.2 Å². The molecule has 140 valence electrons. The molecule has 3 rings (SSSR count). The summed E-state index contributed by atoms with van der Waals surface area (Å²) in [5, 5.41) is 27.4. The number of ether oxygens (including phenoxy) is 2. The second-order valence-electron chi connectivity index (χ2n) is 5.33. The van der Waals surface area contributed by atoms with Gasteiger partial charge in [-0.05, 0) is 18.2 Å². The Morgan fingerprint density at radius 1 is 1.33 bits per heavy atom. The predicted octanol–water partition coefficient (Wildman–Crippen LogP) is 2.35. The standard InChI is InChI=1S/C16H13BrN4O6/c17-10-3-9(16(23)12(4-10)21(24)25)6-19-20-15(22)7-18-11-1-2-13-14(5-11)27-8-26-13/h1-6,18,23H,7-8H2,(H,20,22). The van der Waals surface area contributed by atoms with Gasteiger partial charge in [-0.2, -0.15) is 5.10 Å². The monoisotopic (exact) mass is 436 g/mol. The number of fused-ring (bicyclic) bond motifs is 1. The number of nitrogens with zero attached hydrogens (tertiary/aromatic N) is 2. The van der Waals surface area contributed by atoms with Crippen molar-refractivity contribution in [2.45, 2.75) is 0 Å². The average Bonchev–Trinajstić information content (AvgIpc) is 3.10. The van der Waals surface area contributed by atoms with Crippen LogP contribution in [0.4, 0.5) is 11.4 Å². The maximum atomic E-state index is 11.8. The van der Waals surface area contributed by atoms with Gasteiger partial charge in [0.1, 0.15) is 0 Å². The molecule has 1 aliphatic rings. The minimum Gasteiger partial charge on any atom is -0.502 e. The number of carbonyl (C=O) groups is 1. The number of phenolic OH excluding ortho intramolecular Hbond substituents is 1. The first kappa shape index (κ1) is 18.5. The molecule has 0 radical (unpaired) electrons. The molecule has 10 nitrogen and oxygen atoms in total. The number of anilines is 1. The van der Waals surface area contributed by atoms with Crippen molar-refractivity contribution < 1.29 is 24.3 Å². The first-order valence-electron chi connectivity index (χ1n) is 7.56. The topological polar surface area (TPSA) is 135 Å². The van der Waals surface area contributed by atoms with Crippen LogP contribution in [0.25, 0.3) is 0 Å². The quantitative estimate of drug-likeness (QED) is 0.359. The molecule has 0 unspecified atom stereocenters. The summed E-state index contributed by atoms with van der Waals surface area (Å²) in [5.74, 6) is 0.232. The SMILES string of the molecule is O=C(CNc1ccc2c(c1)OCO2)NN=Cc1cc(Br)cc([N+](=O)[O-])c1O. The number of benzene rings is 2. The van der Waals surface area contributed by atoms with Gasteiger partial charge in [0.2, 0.25) is 12.5 Å². The normalized spacial score (nSPS) is 12.2. The van der Waals surface area contributed by atoms with Crippen molar-refractivity contribution in [1.29, 1.82) is 0 Å². The van der Waals surface area contributed by atoms with Gasteiger partial charge >= 0.3 is 5.69 Å². The number of phenols is 1. The second-order valence-corrected chi connectivity index (χ2v) is 6.25. The summed E-state index contributed by atoms with van der Waals surface area (Å²) in [6, 6.07) is 7.77. The molecule has 3 N–H and O–H groups in total. The van der Waals surface area contributed by atoms with Gasteiger partial charge in [0, 0.05) is 27.9 Å². The van der Waals surface area contributed by atoms with Crippen LogP contribution in [-0.2, 0) is 4.79 Å². The number of halogens is 1. The number of rotatable bonds is 6. The molecule has 0 bridgehead atoms. The number of hydrogen-bond donors (Lipinski definition) is 3. The first-order valence-corrected chi connectivity index (χ1v) is 8.35. The fourth-order valence-corrected chi connectivity index (χ4v) is 2.71. The first-order chi connectivity index (χ1) is 12.9. The fraction of sp³-hybridized carbons (Fsp3) is 0.125. The molecular formula is C16H13BrN4O6. The van der Waals surface area contributed by atoms with Gasteiger partial charge in [-0.15, -0.1) is 0 Å². The molecular weight excluding hydrogens is 424 g/mol. The molecule has 2 aromatic carbocycles. The van der Waals surface area contributed by atoms with Crippen LogP contribution in [-0.4, -0.2) is 35.5 Å². The lowest BCUT2D eigenvalue weighted by Crippen LogP contribution is -2.25. The Morgan fingerprint density at radius 3 is 2.89 bits per heavy atom. The van der Waals surface area contributed by atoms with Gasteiger partial charge in [0.15, 0.2) is 11.5 Å². The van der Waals surface area contributed by atoms with Gasteiger partial charge in [-0.25, -0.2) is 5.43 Å². The number of carbonyl (C=O) groups excluding carboxylic acids is 1. The molecule has 27 heavy (non-hydrogen) atoms. The zero-order valence-corrected chi connectivity index (χ0v) is 15.2. The van der Waals surface area contributed by atoms with Crippen molar-refractivity contribution >= 4 is 39.4 Å². The zero-order chi connectivity index (χ0) is 19.4. The Labute approximate surface area is 161 Å². The molecule has 1 amide bonds. The fourth-order valence-electron chi connectivity index (χ4n) is 2.25.